The van der Waals surface area contributed by atoms with E-state index in [1.807, 2.05) is 61.2 Å². The van der Waals surface area contributed by atoms with Gasteiger partial charge in [0, 0.05) is 25.8 Å². The number of hydrogen-bond donors (Lipinski definition) is 0. The maximum atomic E-state index is 13.4. The predicted molar refractivity (Wildman–Crippen MR) is 135 cm³/mol. The van der Waals surface area contributed by atoms with Crippen LogP contribution in [0.15, 0.2) is 46.9 Å². The van der Waals surface area contributed by atoms with Crippen LogP contribution < -0.4 is 4.74 Å². The fraction of sp³-hybridized carbons (Fsp3) is 0.250. The molecule has 0 radical (unpaired) electrons. The number of carbonyl (C=O) groups is 1. The Labute approximate surface area is 209 Å². The van der Waals surface area contributed by atoms with Gasteiger partial charge in [-0.25, -0.2) is 4.98 Å². The molecule has 4 rings (SSSR count). The summed E-state index contributed by atoms with van der Waals surface area (Å²) in [4.78, 5) is 19.8. The summed E-state index contributed by atoms with van der Waals surface area (Å²) in [7, 11) is 0. The molecule has 7 heteroatoms. The van der Waals surface area contributed by atoms with Gasteiger partial charge in [0.05, 0.1) is 17.1 Å². The molecular weight excluding hydrogens is 591 g/mol. The van der Waals surface area contributed by atoms with Gasteiger partial charge >= 0.3 is 0 Å². The number of benzene rings is 2. The Balaban J connectivity index is 1.63. The summed E-state index contributed by atoms with van der Waals surface area (Å²) in [5.74, 6) is 0.523. The van der Waals surface area contributed by atoms with E-state index in [1.165, 1.54) is 0 Å². The molecule has 1 aromatic heterocycles. The minimum Gasteiger partial charge on any atom is -0.473 e. The number of rotatable bonds is 5. The van der Waals surface area contributed by atoms with Gasteiger partial charge in [-0.2, -0.15) is 0 Å². The summed E-state index contributed by atoms with van der Waals surface area (Å²) in [6, 6.07) is 14.0. The van der Waals surface area contributed by atoms with Gasteiger partial charge in [-0.3, -0.25) is 4.79 Å². The lowest BCUT2D eigenvalue weighted by atomic mass is 9.98. The van der Waals surface area contributed by atoms with Crippen molar-refractivity contribution in [2.45, 2.75) is 33.4 Å². The van der Waals surface area contributed by atoms with Crippen molar-refractivity contribution < 1.29 is 9.53 Å². The molecule has 2 aromatic carbocycles. The highest BCUT2D eigenvalue weighted by Crippen LogP contribution is 2.36. The standard InChI is InChI=1S/C24H21BrClIN2O2/c1-14-10-15(2)28-23(31-13-16-6-4-3-5-7-16)18(14)12-29-9-8-17-19(25)11-20(27)22(26)21(17)24(29)30/h3-7,10-11H,8-9,12-13H2,1-2H3. The fourth-order valence-electron chi connectivity index (χ4n) is 3.82. The number of halogens is 3. The summed E-state index contributed by atoms with van der Waals surface area (Å²) < 4.78 is 7.91. The van der Waals surface area contributed by atoms with Crippen molar-refractivity contribution in [1.29, 1.82) is 0 Å². The Morgan fingerprint density at radius 3 is 2.71 bits per heavy atom. The second kappa shape index (κ2) is 9.46. The third-order valence-electron chi connectivity index (χ3n) is 5.41. The van der Waals surface area contributed by atoms with Crippen molar-refractivity contribution in [2.75, 3.05) is 6.54 Å². The number of aryl methyl sites for hydroxylation is 2. The van der Waals surface area contributed by atoms with Crippen molar-refractivity contribution in [3.63, 3.8) is 0 Å². The SMILES string of the molecule is Cc1cc(C)c(CN2CCc3c(Br)cc(I)c(Cl)c3C2=O)c(OCc2ccccc2)n1. The summed E-state index contributed by atoms with van der Waals surface area (Å²) in [5.41, 5.74) is 5.52. The van der Waals surface area contributed by atoms with E-state index in [0.29, 0.717) is 36.2 Å². The summed E-state index contributed by atoms with van der Waals surface area (Å²) in [5, 5.41) is 0.521. The Kier molecular flexibility index (Phi) is 6.89. The molecule has 0 bridgehead atoms. The highest BCUT2D eigenvalue weighted by atomic mass is 127. The van der Waals surface area contributed by atoms with E-state index in [4.69, 9.17) is 16.3 Å². The van der Waals surface area contributed by atoms with Crippen LogP contribution in [0.25, 0.3) is 0 Å². The Bertz CT molecular complexity index is 1150. The maximum Gasteiger partial charge on any atom is 0.256 e. The Morgan fingerprint density at radius 2 is 1.97 bits per heavy atom. The number of carbonyl (C=O) groups excluding carboxylic acids is 1. The molecule has 0 unspecified atom stereocenters. The van der Waals surface area contributed by atoms with E-state index in [0.717, 1.165) is 42.4 Å². The number of hydrogen-bond acceptors (Lipinski definition) is 3. The normalized spacial score (nSPS) is 13.3. The quantitative estimate of drug-likeness (QED) is 0.245. The van der Waals surface area contributed by atoms with E-state index in [2.05, 4.69) is 43.5 Å². The first kappa shape index (κ1) is 22.6. The zero-order valence-electron chi connectivity index (χ0n) is 17.2. The van der Waals surface area contributed by atoms with Crippen LogP contribution in [0.2, 0.25) is 5.02 Å². The van der Waals surface area contributed by atoms with Crippen LogP contribution in [-0.2, 0) is 19.6 Å². The van der Waals surface area contributed by atoms with Crippen molar-refractivity contribution in [3.8, 4) is 5.88 Å². The minimum atomic E-state index is -0.0561. The molecule has 0 saturated heterocycles. The average molecular weight is 612 g/mol. The van der Waals surface area contributed by atoms with Gasteiger partial charge in [0.2, 0.25) is 5.88 Å². The zero-order chi connectivity index (χ0) is 22.1. The van der Waals surface area contributed by atoms with E-state index in [9.17, 15) is 4.79 Å². The largest absolute Gasteiger partial charge is 0.473 e. The Hall–Kier alpha value is -1.64. The van der Waals surface area contributed by atoms with E-state index in [1.54, 1.807) is 0 Å². The lowest BCUT2D eigenvalue weighted by Gasteiger charge is -2.31. The van der Waals surface area contributed by atoms with Crippen molar-refractivity contribution in [3.05, 3.63) is 89.0 Å². The third-order valence-corrected chi connectivity index (χ3v) is 7.68. The van der Waals surface area contributed by atoms with Gasteiger partial charge in [-0.1, -0.05) is 57.9 Å². The molecule has 1 amide bonds. The molecule has 2 heterocycles. The van der Waals surface area contributed by atoms with Crippen LogP contribution in [0.5, 0.6) is 5.88 Å². The predicted octanol–water partition coefficient (Wildman–Crippen LogP) is 6.50. The van der Waals surface area contributed by atoms with Crippen LogP contribution in [0.3, 0.4) is 0 Å². The summed E-state index contributed by atoms with van der Waals surface area (Å²) >= 11 is 12.3. The second-order valence-electron chi connectivity index (χ2n) is 7.62. The van der Waals surface area contributed by atoms with Gasteiger partial charge in [-0.05, 0) is 71.7 Å². The van der Waals surface area contributed by atoms with E-state index < -0.39 is 0 Å². The number of pyridine rings is 1. The van der Waals surface area contributed by atoms with Crippen LogP contribution >= 0.6 is 50.1 Å². The molecule has 1 aliphatic heterocycles. The van der Waals surface area contributed by atoms with Gasteiger partial charge in [0.15, 0.2) is 0 Å². The first-order chi connectivity index (χ1) is 14.8. The summed E-state index contributed by atoms with van der Waals surface area (Å²) in [6.07, 6.45) is 0.747. The van der Waals surface area contributed by atoms with Crippen LogP contribution in [0.4, 0.5) is 0 Å². The molecule has 0 spiro atoms. The van der Waals surface area contributed by atoms with Crippen LogP contribution in [0.1, 0.15) is 38.3 Å². The highest BCUT2D eigenvalue weighted by molar-refractivity contribution is 14.1. The lowest BCUT2D eigenvalue weighted by Crippen LogP contribution is -2.38. The second-order valence-corrected chi connectivity index (χ2v) is 10.0. The third kappa shape index (κ3) is 4.76. The fourth-order valence-corrected chi connectivity index (χ4v) is 5.70. The van der Waals surface area contributed by atoms with Gasteiger partial charge < -0.3 is 9.64 Å². The molecule has 4 nitrogen and oxygen atoms in total. The van der Waals surface area contributed by atoms with Crippen molar-refractivity contribution >= 4 is 56.0 Å². The molecule has 1 aliphatic rings. The molecule has 0 saturated carbocycles. The smallest absolute Gasteiger partial charge is 0.256 e. The Morgan fingerprint density at radius 1 is 1.23 bits per heavy atom. The van der Waals surface area contributed by atoms with Crippen molar-refractivity contribution in [1.82, 2.24) is 9.88 Å². The molecule has 0 atom stereocenters. The molecule has 31 heavy (non-hydrogen) atoms. The lowest BCUT2D eigenvalue weighted by molar-refractivity contribution is 0.0724. The number of fused-ring (bicyclic) bond motifs is 1. The number of aromatic nitrogens is 1. The molecule has 0 N–H and O–H groups in total. The van der Waals surface area contributed by atoms with E-state index in [-0.39, 0.29) is 5.91 Å². The minimum absolute atomic E-state index is 0.0561. The number of nitrogens with zero attached hydrogens (tertiary/aromatic N) is 2. The number of ether oxygens (including phenoxy) is 1. The van der Waals surface area contributed by atoms with E-state index >= 15 is 0 Å². The molecular formula is C24H21BrClIN2O2. The molecule has 3 aromatic rings. The number of amides is 1. The van der Waals surface area contributed by atoms with Crippen molar-refractivity contribution in [2.24, 2.45) is 0 Å². The average Bonchev–Trinajstić information content (AvgIpc) is 2.74. The van der Waals surface area contributed by atoms with Crippen LogP contribution in [0, 0.1) is 17.4 Å². The molecule has 160 valence electrons. The zero-order valence-corrected chi connectivity index (χ0v) is 21.7. The van der Waals surface area contributed by atoms with Gasteiger partial charge in [0.25, 0.3) is 5.91 Å². The molecule has 0 aliphatic carbocycles. The summed E-state index contributed by atoms with van der Waals surface area (Å²) in [6.45, 7) is 5.47. The van der Waals surface area contributed by atoms with Gasteiger partial charge in [-0.15, -0.1) is 0 Å². The maximum absolute atomic E-state index is 13.4. The molecule has 0 fully saturated rings. The monoisotopic (exact) mass is 610 g/mol. The van der Waals surface area contributed by atoms with Gasteiger partial charge in [0.1, 0.15) is 6.61 Å². The highest BCUT2D eigenvalue weighted by Gasteiger charge is 2.30. The first-order valence-corrected chi connectivity index (χ1v) is 12.2. The van der Waals surface area contributed by atoms with Crippen LogP contribution in [-0.4, -0.2) is 22.3 Å². The first-order valence-electron chi connectivity index (χ1n) is 9.94. The topological polar surface area (TPSA) is 42.4 Å².